The fraction of sp³-hybridized carbons (Fsp3) is 0.238. The molecule has 1 heterocycles. The minimum Gasteiger partial charge on any atom is -0.491 e. The Bertz CT molecular complexity index is 1240. The van der Waals surface area contributed by atoms with Gasteiger partial charge in [0.05, 0.1) is 19.4 Å². The predicted molar refractivity (Wildman–Crippen MR) is 115 cm³/mol. The Labute approximate surface area is 177 Å². The maximum Gasteiger partial charge on any atom is 0.235 e. The standard InChI is InChI=1S/C21H20F3NO3S2/c1-5-30(26,27)25(11-13-10-15(22)19(24)20(28-4)18(13)23)21-17(12(2)3)14-8-6-7-9-16(14)29-21/h6-10H,2,5,11H2,1,3-4H3. The molecule has 30 heavy (non-hydrogen) atoms. The average Bonchev–Trinajstić information content (AvgIpc) is 3.09. The summed E-state index contributed by atoms with van der Waals surface area (Å²) in [6.07, 6.45) is 0. The lowest BCUT2D eigenvalue weighted by molar-refractivity contribution is 0.344. The molecule has 0 fully saturated rings. The maximum absolute atomic E-state index is 14.8. The summed E-state index contributed by atoms with van der Waals surface area (Å²) >= 11 is 1.21. The molecular weight excluding hydrogens is 435 g/mol. The molecule has 0 aliphatic heterocycles. The molecule has 3 rings (SSSR count). The van der Waals surface area contributed by atoms with Gasteiger partial charge in [0.15, 0.2) is 17.4 Å². The van der Waals surface area contributed by atoms with Gasteiger partial charge in [-0.15, -0.1) is 11.3 Å². The summed E-state index contributed by atoms with van der Waals surface area (Å²) in [6, 6.07) is 7.98. The van der Waals surface area contributed by atoms with Crippen LogP contribution < -0.4 is 9.04 Å². The van der Waals surface area contributed by atoms with E-state index in [4.69, 9.17) is 0 Å². The fourth-order valence-electron chi connectivity index (χ4n) is 3.15. The lowest BCUT2D eigenvalue weighted by Crippen LogP contribution is -2.32. The van der Waals surface area contributed by atoms with Crippen LogP contribution in [0.3, 0.4) is 0 Å². The van der Waals surface area contributed by atoms with E-state index >= 15 is 0 Å². The minimum atomic E-state index is -3.90. The number of thiophene rings is 1. The number of halogens is 3. The van der Waals surface area contributed by atoms with E-state index in [0.29, 0.717) is 22.2 Å². The molecule has 0 saturated carbocycles. The van der Waals surface area contributed by atoms with Gasteiger partial charge < -0.3 is 4.74 Å². The lowest BCUT2D eigenvalue weighted by atomic mass is 10.1. The first kappa shape index (κ1) is 22.2. The van der Waals surface area contributed by atoms with Crippen LogP contribution in [0.5, 0.6) is 5.75 Å². The Morgan fingerprint density at radius 1 is 1.20 bits per heavy atom. The van der Waals surface area contributed by atoms with E-state index in [1.165, 1.54) is 18.3 Å². The minimum absolute atomic E-state index is 0.265. The van der Waals surface area contributed by atoms with Gasteiger partial charge in [-0.3, -0.25) is 4.31 Å². The first-order valence-corrected chi connectivity index (χ1v) is 11.4. The summed E-state index contributed by atoms with van der Waals surface area (Å²) in [6.45, 7) is 6.64. The summed E-state index contributed by atoms with van der Waals surface area (Å²) in [7, 11) is -2.89. The topological polar surface area (TPSA) is 46.6 Å². The van der Waals surface area contributed by atoms with Gasteiger partial charge in [-0.25, -0.2) is 17.2 Å². The molecule has 0 radical (unpaired) electrons. The van der Waals surface area contributed by atoms with Crippen LogP contribution >= 0.6 is 11.3 Å². The molecule has 0 unspecified atom stereocenters. The number of allylic oxidation sites excluding steroid dienone is 1. The zero-order chi connectivity index (χ0) is 22.2. The van der Waals surface area contributed by atoms with Crippen LogP contribution in [0.15, 0.2) is 36.9 Å². The molecule has 0 bridgehead atoms. The van der Waals surface area contributed by atoms with Crippen molar-refractivity contribution in [3.8, 4) is 5.75 Å². The van der Waals surface area contributed by atoms with E-state index in [9.17, 15) is 21.6 Å². The monoisotopic (exact) mass is 455 g/mol. The summed E-state index contributed by atoms with van der Waals surface area (Å²) < 4.78 is 75.0. The number of ether oxygens (including phenoxy) is 1. The van der Waals surface area contributed by atoms with Crippen molar-refractivity contribution < 1.29 is 26.3 Å². The number of methoxy groups -OCH3 is 1. The number of hydrogen-bond acceptors (Lipinski definition) is 4. The van der Waals surface area contributed by atoms with E-state index in [-0.39, 0.29) is 11.3 Å². The second-order valence-electron chi connectivity index (χ2n) is 6.64. The highest BCUT2D eigenvalue weighted by molar-refractivity contribution is 7.92. The molecule has 160 valence electrons. The molecule has 0 atom stereocenters. The molecule has 0 aliphatic rings. The second kappa shape index (κ2) is 8.31. The van der Waals surface area contributed by atoms with Gasteiger partial charge in [-0.1, -0.05) is 24.8 Å². The number of hydrogen-bond donors (Lipinski definition) is 0. The van der Waals surface area contributed by atoms with Gasteiger partial charge in [0.2, 0.25) is 15.8 Å². The zero-order valence-electron chi connectivity index (χ0n) is 16.6. The van der Waals surface area contributed by atoms with Gasteiger partial charge in [0.1, 0.15) is 5.00 Å². The normalized spacial score (nSPS) is 11.7. The maximum atomic E-state index is 14.8. The molecule has 0 spiro atoms. The highest BCUT2D eigenvalue weighted by Crippen LogP contribution is 2.43. The molecule has 0 amide bonds. The van der Waals surface area contributed by atoms with E-state index < -0.39 is 39.8 Å². The first-order chi connectivity index (χ1) is 14.1. The number of nitrogens with zero attached hydrogens (tertiary/aromatic N) is 1. The van der Waals surface area contributed by atoms with Gasteiger partial charge in [-0.2, -0.15) is 4.39 Å². The van der Waals surface area contributed by atoms with Crippen LogP contribution in [0.25, 0.3) is 15.7 Å². The van der Waals surface area contributed by atoms with Gasteiger partial charge >= 0.3 is 0 Å². The Morgan fingerprint density at radius 3 is 2.47 bits per heavy atom. The molecule has 0 N–H and O–H groups in total. The number of benzene rings is 2. The van der Waals surface area contributed by atoms with Crippen molar-refractivity contribution in [2.75, 3.05) is 17.2 Å². The molecule has 4 nitrogen and oxygen atoms in total. The predicted octanol–water partition coefficient (Wildman–Crippen LogP) is 5.72. The highest BCUT2D eigenvalue weighted by atomic mass is 32.2. The number of rotatable bonds is 7. The molecular formula is C21H20F3NO3S2. The van der Waals surface area contributed by atoms with Crippen molar-refractivity contribution >= 4 is 42.0 Å². The van der Waals surface area contributed by atoms with Crippen LogP contribution in [-0.4, -0.2) is 21.3 Å². The highest BCUT2D eigenvalue weighted by Gasteiger charge is 2.29. The first-order valence-electron chi connectivity index (χ1n) is 9.00. The van der Waals surface area contributed by atoms with Crippen molar-refractivity contribution in [3.63, 3.8) is 0 Å². The second-order valence-corrected chi connectivity index (χ2v) is 9.86. The van der Waals surface area contributed by atoms with Crippen LogP contribution in [0.4, 0.5) is 18.2 Å². The summed E-state index contributed by atoms with van der Waals surface area (Å²) in [5.74, 6) is -5.10. The van der Waals surface area contributed by atoms with E-state index in [1.54, 1.807) is 6.92 Å². The number of sulfonamides is 1. The van der Waals surface area contributed by atoms with Crippen molar-refractivity contribution in [1.82, 2.24) is 0 Å². The van der Waals surface area contributed by atoms with Crippen molar-refractivity contribution in [2.45, 2.75) is 20.4 Å². The van der Waals surface area contributed by atoms with Crippen LogP contribution in [-0.2, 0) is 16.6 Å². The molecule has 3 aromatic rings. The smallest absolute Gasteiger partial charge is 0.235 e. The lowest BCUT2D eigenvalue weighted by Gasteiger charge is -2.24. The van der Waals surface area contributed by atoms with Crippen LogP contribution in [0.2, 0.25) is 0 Å². The van der Waals surface area contributed by atoms with Gasteiger partial charge in [0, 0.05) is 21.2 Å². The van der Waals surface area contributed by atoms with Crippen molar-refractivity contribution in [2.24, 2.45) is 0 Å². The van der Waals surface area contributed by atoms with Gasteiger partial charge in [-0.05, 0) is 31.6 Å². The third-order valence-electron chi connectivity index (χ3n) is 4.64. The Morgan fingerprint density at radius 2 is 1.87 bits per heavy atom. The molecule has 9 heteroatoms. The van der Waals surface area contributed by atoms with E-state index in [1.807, 2.05) is 24.3 Å². The number of anilines is 1. The fourth-order valence-corrected chi connectivity index (χ4v) is 5.78. The summed E-state index contributed by atoms with van der Waals surface area (Å²) in [4.78, 5) is 0. The van der Waals surface area contributed by atoms with Crippen molar-refractivity contribution in [1.29, 1.82) is 0 Å². The van der Waals surface area contributed by atoms with Crippen molar-refractivity contribution in [3.05, 3.63) is 65.5 Å². The molecule has 2 aromatic carbocycles. The van der Waals surface area contributed by atoms with Gasteiger partial charge in [0.25, 0.3) is 0 Å². The third-order valence-corrected chi connectivity index (χ3v) is 7.66. The van der Waals surface area contributed by atoms with Crippen LogP contribution in [0, 0.1) is 17.5 Å². The molecule has 0 saturated heterocycles. The zero-order valence-corrected chi connectivity index (χ0v) is 18.3. The Balaban J connectivity index is 2.26. The van der Waals surface area contributed by atoms with E-state index in [0.717, 1.165) is 21.5 Å². The Hall–Kier alpha value is -2.52. The SMILES string of the molecule is C=C(C)c1c(N(Cc2cc(F)c(F)c(OC)c2F)S(=O)(=O)CC)sc2ccccc12. The number of fused-ring (bicyclic) bond motifs is 1. The van der Waals surface area contributed by atoms with E-state index in [2.05, 4.69) is 11.3 Å². The Kier molecular flexibility index (Phi) is 6.14. The van der Waals surface area contributed by atoms with Crippen LogP contribution in [0.1, 0.15) is 25.0 Å². The summed E-state index contributed by atoms with van der Waals surface area (Å²) in [5.41, 5.74) is 0.901. The quantitative estimate of drug-likeness (QED) is 0.428. The third kappa shape index (κ3) is 3.79. The molecule has 0 aliphatic carbocycles. The summed E-state index contributed by atoms with van der Waals surface area (Å²) in [5, 5.41) is 1.15. The molecule has 1 aromatic heterocycles. The average molecular weight is 456 g/mol. The largest absolute Gasteiger partial charge is 0.491 e.